The standard InChI is InChI=1S/C27H32F2N2O/c28-24-10-6-20(7-11-24)26(21-8-12-25(29)13-9-21)22-14-17-31(18-15-22)19-16-30-27(32)23-4-2-1-3-5-23/h6-13,23H,1-5,14-19H2,(H,30,32). The molecule has 0 spiro atoms. The van der Waals surface area contributed by atoms with Crippen molar-refractivity contribution >= 4 is 11.5 Å². The summed E-state index contributed by atoms with van der Waals surface area (Å²) in [6.45, 7) is 3.38. The van der Waals surface area contributed by atoms with E-state index in [4.69, 9.17) is 0 Å². The van der Waals surface area contributed by atoms with Crippen molar-refractivity contribution in [3.05, 3.63) is 76.9 Å². The average Bonchev–Trinajstić information content (AvgIpc) is 2.83. The Morgan fingerprint density at radius 1 is 0.844 bits per heavy atom. The number of nitrogens with one attached hydrogen (secondary N) is 1. The van der Waals surface area contributed by atoms with E-state index >= 15 is 0 Å². The molecule has 2 fully saturated rings. The van der Waals surface area contributed by atoms with Gasteiger partial charge in [-0.15, -0.1) is 0 Å². The molecule has 1 N–H and O–H groups in total. The summed E-state index contributed by atoms with van der Waals surface area (Å²) in [7, 11) is 0. The topological polar surface area (TPSA) is 32.3 Å². The maximum absolute atomic E-state index is 13.5. The van der Waals surface area contributed by atoms with E-state index in [1.165, 1.54) is 49.1 Å². The van der Waals surface area contributed by atoms with E-state index in [9.17, 15) is 13.6 Å². The predicted molar refractivity (Wildman–Crippen MR) is 124 cm³/mol. The fourth-order valence-corrected chi connectivity index (χ4v) is 4.95. The van der Waals surface area contributed by atoms with Crippen LogP contribution in [0, 0.1) is 17.6 Å². The number of halogens is 2. The lowest BCUT2D eigenvalue weighted by atomic mass is 9.88. The number of piperidine rings is 1. The molecule has 1 saturated heterocycles. The van der Waals surface area contributed by atoms with Gasteiger partial charge in [-0.05, 0) is 66.6 Å². The number of amides is 1. The summed E-state index contributed by atoms with van der Waals surface area (Å²) in [5.74, 6) is -0.101. The number of nitrogens with zero attached hydrogens (tertiary/aromatic N) is 1. The molecule has 32 heavy (non-hydrogen) atoms. The maximum atomic E-state index is 13.5. The molecule has 0 bridgehead atoms. The zero-order valence-corrected chi connectivity index (χ0v) is 18.6. The van der Waals surface area contributed by atoms with Crippen LogP contribution in [0.15, 0.2) is 54.1 Å². The highest BCUT2D eigenvalue weighted by molar-refractivity contribution is 5.82. The van der Waals surface area contributed by atoms with Gasteiger partial charge < -0.3 is 10.2 Å². The van der Waals surface area contributed by atoms with Crippen molar-refractivity contribution < 1.29 is 13.6 Å². The van der Waals surface area contributed by atoms with Crippen LogP contribution in [-0.4, -0.2) is 37.0 Å². The Labute approximate surface area is 189 Å². The summed E-state index contributed by atoms with van der Waals surface area (Å²) < 4.78 is 27.0. The van der Waals surface area contributed by atoms with Crippen LogP contribution in [0.25, 0.3) is 5.57 Å². The Kier molecular flexibility index (Phi) is 7.69. The lowest BCUT2D eigenvalue weighted by molar-refractivity contribution is -0.125. The van der Waals surface area contributed by atoms with Gasteiger partial charge in [0.1, 0.15) is 11.6 Å². The van der Waals surface area contributed by atoms with E-state index in [1.807, 2.05) is 0 Å². The van der Waals surface area contributed by atoms with E-state index < -0.39 is 0 Å². The van der Waals surface area contributed by atoms with Gasteiger partial charge in [-0.2, -0.15) is 0 Å². The van der Waals surface area contributed by atoms with Gasteiger partial charge in [0.2, 0.25) is 5.91 Å². The van der Waals surface area contributed by atoms with Crippen molar-refractivity contribution in [1.29, 1.82) is 0 Å². The summed E-state index contributed by atoms with van der Waals surface area (Å²) >= 11 is 0. The highest BCUT2D eigenvalue weighted by atomic mass is 19.1. The molecule has 1 saturated carbocycles. The molecule has 0 aromatic heterocycles. The van der Waals surface area contributed by atoms with Crippen molar-refractivity contribution in [1.82, 2.24) is 10.2 Å². The van der Waals surface area contributed by atoms with Gasteiger partial charge in [0, 0.05) is 32.1 Å². The van der Waals surface area contributed by atoms with E-state index in [1.54, 1.807) is 24.3 Å². The number of rotatable bonds is 6. The Bertz CT molecular complexity index is 874. The second-order valence-corrected chi connectivity index (χ2v) is 8.96. The van der Waals surface area contributed by atoms with Crippen molar-refractivity contribution in [3.63, 3.8) is 0 Å². The van der Waals surface area contributed by atoms with Crippen LogP contribution < -0.4 is 5.32 Å². The molecule has 0 atom stereocenters. The van der Waals surface area contributed by atoms with Crippen LogP contribution >= 0.6 is 0 Å². The Morgan fingerprint density at radius 2 is 1.38 bits per heavy atom. The highest BCUT2D eigenvalue weighted by Gasteiger charge is 2.22. The summed E-state index contributed by atoms with van der Waals surface area (Å²) in [6, 6.07) is 13.1. The molecule has 5 heteroatoms. The largest absolute Gasteiger partial charge is 0.355 e. The van der Waals surface area contributed by atoms with Gasteiger partial charge in [0.05, 0.1) is 0 Å². The molecule has 3 nitrogen and oxygen atoms in total. The maximum Gasteiger partial charge on any atom is 0.223 e. The van der Waals surface area contributed by atoms with E-state index in [0.29, 0.717) is 6.54 Å². The molecule has 1 aliphatic heterocycles. The minimum atomic E-state index is -0.262. The summed E-state index contributed by atoms with van der Waals surface area (Å²) in [6.07, 6.45) is 7.46. The van der Waals surface area contributed by atoms with Gasteiger partial charge in [-0.3, -0.25) is 4.79 Å². The smallest absolute Gasteiger partial charge is 0.223 e. The quantitative estimate of drug-likeness (QED) is 0.641. The summed E-state index contributed by atoms with van der Waals surface area (Å²) in [4.78, 5) is 14.7. The first-order valence-electron chi connectivity index (χ1n) is 11.8. The van der Waals surface area contributed by atoms with Gasteiger partial charge in [0.15, 0.2) is 0 Å². The third kappa shape index (κ3) is 5.83. The van der Waals surface area contributed by atoms with Crippen molar-refractivity contribution in [2.75, 3.05) is 26.2 Å². The van der Waals surface area contributed by atoms with Crippen LogP contribution in [0.4, 0.5) is 8.78 Å². The number of carbonyl (C=O) groups excluding carboxylic acids is 1. The second kappa shape index (κ2) is 10.9. The average molecular weight is 439 g/mol. The van der Waals surface area contributed by atoms with Gasteiger partial charge >= 0.3 is 0 Å². The molecule has 1 heterocycles. The number of benzene rings is 2. The summed E-state index contributed by atoms with van der Waals surface area (Å²) in [5.41, 5.74) is 4.31. The SMILES string of the molecule is O=C(NCCN1CCC(=C(c2ccc(F)cc2)c2ccc(F)cc2)CC1)C1CCCCC1. The fraction of sp³-hybridized carbons (Fsp3) is 0.444. The molecular formula is C27H32F2N2O. The molecule has 1 amide bonds. The second-order valence-electron chi connectivity index (χ2n) is 8.96. The van der Waals surface area contributed by atoms with Gasteiger partial charge in [-0.1, -0.05) is 49.1 Å². The minimum Gasteiger partial charge on any atom is -0.355 e. The molecular weight excluding hydrogens is 406 g/mol. The minimum absolute atomic E-state index is 0.202. The van der Waals surface area contributed by atoms with Crippen LogP contribution in [0.1, 0.15) is 56.1 Å². The molecule has 2 aliphatic rings. The van der Waals surface area contributed by atoms with Crippen LogP contribution in [0.5, 0.6) is 0 Å². The van der Waals surface area contributed by atoms with Crippen LogP contribution in [0.2, 0.25) is 0 Å². The first-order valence-corrected chi connectivity index (χ1v) is 11.8. The zero-order valence-electron chi connectivity index (χ0n) is 18.6. The number of carbonyl (C=O) groups is 1. The summed E-state index contributed by atoms with van der Waals surface area (Å²) in [5, 5.41) is 3.13. The molecule has 4 rings (SSSR count). The van der Waals surface area contributed by atoms with Crippen LogP contribution in [-0.2, 0) is 4.79 Å². The normalized spacial score (nSPS) is 17.9. The van der Waals surface area contributed by atoms with Gasteiger partial charge in [0.25, 0.3) is 0 Å². The van der Waals surface area contributed by atoms with Gasteiger partial charge in [-0.25, -0.2) is 8.78 Å². The van der Waals surface area contributed by atoms with Crippen molar-refractivity contribution in [2.45, 2.75) is 44.9 Å². The van der Waals surface area contributed by atoms with Crippen molar-refractivity contribution in [3.8, 4) is 0 Å². The third-order valence-electron chi connectivity index (χ3n) is 6.78. The molecule has 0 radical (unpaired) electrons. The molecule has 170 valence electrons. The predicted octanol–water partition coefficient (Wildman–Crippen LogP) is 5.56. The zero-order chi connectivity index (χ0) is 22.3. The molecule has 1 aliphatic carbocycles. The lowest BCUT2D eigenvalue weighted by Crippen LogP contribution is -2.40. The van der Waals surface area contributed by atoms with Crippen LogP contribution in [0.3, 0.4) is 0 Å². The molecule has 0 unspecified atom stereocenters. The van der Waals surface area contributed by atoms with Crippen molar-refractivity contribution in [2.24, 2.45) is 5.92 Å². The Balaban J connectivity index is 1.38. The third-order valence-corrected chi connectivity index (χ3v) is 6.78. The highest BCUT2D eigenvalue weighted by Crippen LogP contribution is 2.32. The number of hydrogen-bond acceptors (Lipinski definition) is 2. The monoisotopic (exact) mass is 438 g/mol. The molecule has 2 aromatic rings. The number of hydrogen-bond donors (Lipinski definition) is 1. The van der Waals surface area contributed by atoms with E-state index in [-0.39, 0.29) is 23.5 Å². The Hall–Kier alpha value is -2.53. The lowest BCUT2D eigenvalue weighted by Gasteiger charge is -2.30. The fourth-order valence-electron chi connectivity index (χ4n) is 4.95. The number of likely N-dealkylation sites (tertiary alicyclic amines) is 1. The first-order chi connectivity index (χ1) is 15.6. The van der Waals surface area contributed by atoms with E-state index in [2.05, 4.69) is 10.2 Å². The first kappa shape index (κ1) is 22.7. The van der Waals surface area contributed by atoms with E-state index in [0.717, 1.165) is 62.0 Å². The Morgan fingerprint density at radius 3 is 1.91 bits per heavy atom. The molecule has 2 aromatic carbocycles.